The van der Waals surface area contributed by atoms with Gasteiger partial charge in [0.2, 0.25) is 17.8 Å². The van der Waals surface area contributed by atoms with Gasteiger partial charge in [0.1, 0.15) is 5.75 Å². The fraction of sp³-hybridized carbons (Fsp3) is 0.300. The highest BCUT2D eigenvalue weighted by molar-refractivity contribution is 6.02. The van der Waals surface area contributed by atoms with Crippen molar-refractivity contribution in [2.45, 2.75) is 27.2 Å². The molecule has 3 aromatic rings. The van der Waals surface area contributed by atoms with Gasteiger partial charge < -0.3 is 9.72 Å². The molecule has 0 radical (unpaired) electrons. The number of hydrogen-bond acceptors (Lipinski definition) is 5. The lowest BCUT2D eigenvalue weighted by molar-refractivity contribution is -0.117. The van der Waals surface area contributed by atoms with E-state index in [2.05, 4.69) is 30.6 Å². The molecule has 2 heterocycles. The van der Waals surface area contributed by atoms with Crippen molar-refractivity contribution >= 4 is 28.7 Å². The van der Waals surface area contributed by atoms with E-state index in [0.717, 1.165) is 33.6 Å². The lowest BCUT2D eigenvalue weighted by atomic mass is 10.1. The molecule has 0 aliphatic carbocycles. The van der Waals surface area contributed by atoms with E-state index in [1.54, 1.807) is 7.11 Å². The highest BCUT2D eigenvalue weighted by atomic mass is 16.5. The van der Waals surface area contributed by atoms with Crippen LogP contribution in [0.4, 0.5) is 5.95 Å². The third-order valence-corrected chi connectivity index (χ3v) is 4.13. The first kappa shape index (κ1) is 19.3. The number of nitrogens with zero attached hydrogens (tertiary/aromatic N) is 3. The zero-order valence-corrected chi connectivity index (χ0v) is 16.5. The van der Waals surface area contributed by atoms with Gasteiger partial charge in [-0.15, -0.1) is 0 Å². The van der Waals surface area contributed by atoms with E-state index in [-0.39, 0.29) is 5.91 Å². The molecule has 146 valence electrons. The van der Waals surface area contributed by atoms with Gasteiger partial charge in [-0.2, -0.15) is 0 Å². The van der Waals surface area contributed by atoms with Crippen molar-refractivity contribution in [1.29, 1.82) is 0 Å². The first-order chi connectivity index (χ1) is 13.4. The molecular weight excluding hydrogens is 356 g/mol. The topological polar surface area (TPSA) is 104 Å². The molecule has 8 nitrogen and oxygen atoms in total. The summed E-state index contributed by atoms with van der Waals surface area (Å²) in [6, 6.07) is 7.79. The van der Waals surface area contributed by atoms with Crippen LogP contribution in [-0.2, 0) is 11.2 Å². The van der Waals surface area contributed by atoms with Crippen molar-refractivity contribution in [3.63, 3.8) is 0 Å². The molecule has 1 aromatic carbocycles. The number of ether oxygens (including phenoxy) is 1. The maximum atomic E-state index is 11.5. The zero-order chi connectivity index (χ0) is 20.1. The maximum absolute atomic E-state index is 11.5. The Morgan fingerprint density at radius 3 is 2.64 bits per heavy atom. The standard InChI is InChI=1S/C20H24N6O2/c1-12-9-13(2)24-20(23-12)26-19(25-14(3)27)21-8-7-15-11-22-18-6-5-16(28-4)10-17(15)18/h5-6,9-11,22H,7-8H2,1-4H3,(H2,21,23,24,25,26,27). The SMILES string of the molecule is COc1ccc2[nH]cc(CCN=C(NC(C)=O)Nc3nc(C)cc(C)n3)c2c1. The van der Waals surface area contributed by atoms with Gasteiger partial charge in [-0.1, -0.05) is 0 Å². The summed E-state index contributed by atoms with van der Waals surface area (Å²) >= 11 is 0. The summed E-state index contributed by atoms with van der Waals surface area (Å²) in [5, 5.41) is 6.79. The Morgan fingerprint density at radius 1 is 1.21 bits per heavy atom. The molecule has 0 saturated carbocycles. The van der Waals surface area contributed by atoms with E-state index in [1.165, 1.54) is 6.92 Å². The van der Waals surface area contributed by atoms with Gasteiger partial charge in [0.25, 0.3) is 0 Å². The Hall–Kier alpha value is -3.42. The van der Waals surface area contributed by atoms with Gasteiger partial charge in [0.05, 0.1) is 7.11 Å². The van der Waals surface area contributed by atoms with E-state index in [4.69, 9.17) is 4.74 Å². The number of aromatic nitrogens is 3. The number of hydrogen-bond donors (Lipinski definition) is 3. The van der Waals surface area contributed by atoms with Crippen LogP contribution in [0, 0.1) is 13.8 Å². The number of benzene rings is 1. The summed E-state index contributed by atoms with van der Waals surface area (Å²) in [7, 11) is 1.65. The van der Waals surface area contributed by atoms with Crippen LogP contribution < -0.4 is 15.4 Å². The number of rotatable bonds is 5. The first-order valence-electron chi connectivity index (χ1n) is 9.00. The molecule has 0 unspecified atom stereocenters. The van der Waals surface area contributed by atoms with Gasteiger partial charge in [0.15, 0.2) is 0 Å². The van der Waals surface area contributed by atoms with Gasteiger partial charge in [-0.3, -0.25) is 20.4 Å². The number of guanidine groups is 1. The predicted molar refractivity (Wildman–Crippen MR) is 110 cm³/mol. The van der Waals surface area contributed by atoms with Crippen LogP contribution in [0.1, 0.15) is 23.9 Å². The summed E-state index contributed by atoms with van der Waals surface area (Å²) in [5.41, 5.74) is 3.85. The molecule has 0 aliphatic rings. The number of aromatic amines is 1. The quantitative estimate of drug-likeness (QED) is 0.466. The summed E-state index contributed by atoms with van der Waals surface area (Å²) in [6.07, 6.45) is 2.67. The number of anilines is 1. The number of H-pyrrole nitrogens is 1. The molecule has 1 amide bonds. The van der Waals surface area contributed by atoms with Crippen molar-refractivity contribution in [1.82, 2.24) is 20.3 Å². The van der Waals surface area contributed by atoms with E-state index in [9.17, 15) is 4.79 Å². The molecule has 0 atom stereocenters. The minimum absolute atomic E-state index is 0.215. The molecule has 28 heavy (non-hydrogen) atoms. The number of carbonyl (C=O) groups excluding carboxylic acids is 1. The largest absolute Gasteiger partial charge is 0.497 e. The van der Waals surface area contributed by atoms with Crippen LogP contribution in [-0.4, -0.2) is 40.5 Å². The Bertz CT molecular complexity index is 1000. The molecular formula is C20H24N6O2. The number of amides is 1. The van der Waals surface area contributed by atoms with Crippen molar-refractivity contribution < 1.29 is 9.53 Å². The number of nitrogens with one attached hydrogen (secondary N) is 3. The molecule has 8 heteroatoms. The van der Waals surface area contributed by atoms with Gasteiger partial charge in [0, 0.05) is 42.0 Å². The third kappa shape index (κ3) is 4.85. The normalized spacial score (nSPS) is 11.5. The Kier molecular flexibility index (Phi) is 5.88. The molecule has 0 spiro atoms. The monoisotopic (exact) mass is 380 g/mol. The van der Waals surface area contributed by atoms with Crippen LogP contribution >= 0.6 is 0 Å². The maximum Gasteiger partial charge on any atom is 0.229 e. The van der Waals surface area contributed by atoms with Crippen molar-refractivity contribution in [2.75, 3.05) is 19.0 Å². The Balaban J connectivity index is 1.75. The lowest BCUT2D eigenvalue weighted by Gasteiger charge is -2.10. The number of fused-ring (bicyclic) bond motifs is 1. The van der Waals surface area contributed by atoms with E-state index < -0.39 is 0 Å². The molecule has 0 bridgehead atoms. The molecule has 0 fully saturated rings. The minimum atomic E-state index is -0.215. The number of aliphatic imine (C=N–C) groups is 1. The van der Waals surface area contributed by atoms with Crippen LogP contribution in [0.3, 0.4) is 0 Å². The lowest BCUT2D eigenvalue weighted by Crippen LogP contribution is -2.35. The van der Waals surface area contributed by atoms with Crippen molar-refractivity contribution in [2.24, 2.45) is 4.99 Å². The number of methoxy groups -OCH3 is 1. The third-order valence-electron chi connectivity index (χ3n) is 4.13. The number of aryl methyl sites for hydroxylation is 2. The summed E-state index contributed by atoms with van der Waals surface area (Å²) in [6.45, 7) is 5.70. The first-order valence-corrected chi connectivity index (χ1v) is 9.00. The van der Waals surface area contributed by atoms with Crippen molar-refractivity contribution in [3.05, 3.63) is 47.4 Å². The second-order valence-corrected chi connectivity index (χ2v) is 6.49. The highest BCUT2D eigenvalue weighted by Crippen LogP contribution is 2.23. The average molecular weight is 380 g/mol. The Labute approximate surface area is 163 Å². The second kappa shape index (κ2) is 8.51. The highest BCUT2D eigenvalue weighted by Gasteiger charge is 2.08. The van der Waals surface area contributed by atoms with Gasteiger partial charge in [-0.05, 0) is 50.1 Å². The van der Waals surface area contributed by atoms with Crippen LogP contribution in [0.25, 0.3) is 10.9 Å². The van der Waals surface area contributed by atoms with E-state index in [0.29, 0.717) is 24.9 Å². The van der Waals surface area contributed by atoms with Gasteiger partial charge >= 0.3 is 0 Å². The van der Waals surface area contributed by atoms with E-state index in [1.807, 2.05) is 44.3 Å². The Morgan fingerprint density at radius 2 is 1.96 bits per heavy atom. The summed E-state index contributed by atoms with van der Waals surface area (Å²) < 4.78 is 5.31. The summed E-state index contributed by atoms with van der Waals surface area (Å²) in [5.74, 6) is 1.33. The average Bonchev–Trinajstić information content (AvgIpc) is 3.02. The smallest absolute Gasteiger partial charge is 0.229 e. The summed E-state index contributed by atoms with van der Waals surface area (Å²) in [4.78, 5) is 27.9. The van der Waals surface area contributed by atoms with E-state index >= 15 is 0 Å². The second-order valence-electron chi connectivity index (χ2n) is 6.49. The molecule has 0 saturated heterocycles. The number of carbonyl (C=O) groups is 1. The molecule has 3 rings (SSSR count). The van der Waals surface area contributed by atoms with Gasteiger partial charge in [-0.25, -0.2) is 9.97 Å². The molecule has 2 aromatic heterocycles. The zero-order valence-electron chi connectivity index (χ0n) is 16.5. The van der Waals surface area contributed by atoms with Crippen molar-refractivity contribution in [3.8, 4) is 5.75 Å². The molecule has 0 aliphatic heterocycles. The fourth-order valence-electron chi connectivity index (χ4n) is 2.94. The molecule has 3 N–H and O–H groups in total. The fourth-order valence-corrected chi connectivity index (χ4v) is 2.94. The van der Waals surface area contributed by atoms with Crippen LogP contribution in [0.5, 0.6) is 5.75 Å². The minimum Gasteiger partial charge on any atom is -0.497 e. The van der Waals surface area contributed by atoms with Crippen LogP contribution in [0.15, 0.2) is 35.5 Å². The predicted octanol–water partition coefficient (Wildman–Crippen LogP) is 2.73. The van der Waals surface area contributed by atoms with Crippen LogP contribution in [0.2, 0.25) is 0 Å².